The molecule has 0 radical (unpaired) electrons. The minimum atomic E-state index is 1.03. The fraction of sp³-hybridized carbons (Fsp3) is 0.0417. The van der Waals surface area contributed by atoms with E-state index in [-0.39, 0.29) is 0 Å². The number of benzene rings is 2. The van der Waals surface area contributed by atoms with E-state index in [1.807, 2.05) is 28.7 Å². The number of para-hydroxylation sites is 2. The smallest absolute Gasteiger partial charge is 0.150 e. The predicted octanol–water partition coefficient (Wildman–Crippen LogP) is 7.91. The Morgan fingerprint density at radius 1 is 0.690 bits per heavy atom. The van der Waals surface area contributed by atoms with E-state index in [0.717, 1.165) is 11.3 Å². The van der Waals surface area contributed by atoms with Crippen molar-refractivity contribution in [2.45, 2.75) is 0 Å². The molecule has 0 saturated carbocycles. The van der Waals surface area contributed by atoms with Crippen LogP contribution in [0.3, 0.4) is 0 Å². The van der Waals surface area contributed by atoms with E-state index >= 15 is 0 Å². The van der Waals surface area contributed by atoms with Crippen LogP contribution in [-0.4, -0.2) is 9.55 Å². The molecule has 0 atom stereocenters. The molecule has 0 N–H and O–H groups in total. The Labute approximate surface area is 180 Å². The van der Waals surface area contributed by atoms with Crippen LogP contribution in [0.5, 0.6) is 0 Å². The minimum absolute atomic E-state index is 1.03. The first-order valence-electron chi connectivity index (χ1n) is 9.37. The van der Waals surface area contributed by atoms with Gasteiger partial charge in [-0.05, 0) is 35.7 Å². The lowest BCUT2D eigenvalue weighted by Gasteiger charge is -1.99. The summed E-state index contributed by atoms with van der Waals surface area (Å²) >= 11 is 5.53. The molecule has 4 heterocycles. The van der Waals surface area contributed by atoms with Crippen LogP contribution in [0.1, 0.15) is 0 Å². The van der Waals surface area contributed by atoms with Crippen LogP contribution < -0.4 is 0 Å². The highest BCUT2D eigenvalue weighted by Gasteiger charge is 2.18. The van der Waals surface area contributed by atoms with Gasteiger partial charge in [0.05, 0.1) is 25.7 Å². The summed E-state index contributed by atoms with van der Waals surface area (Å²) in [5.41, 5.74) is 2.21. The molecule has 0 aliphatic carbocycles. The van der Waals surface area contributed by atoms with Gasteiger partial charge < -0.3 is 4.57 Å². The zero-order chi connectivity index (χ0) is 19.4. The lowest BCUT2D eigenvalue weighted by atomic mass is 10.1. The van der Waals surface area contributed by atoms with Gasteiger partial charge in [0, 0.05) is 27.6 Å². The van der Waals surface area contributed by atoms with Gasteiger partial charge in [-0.25, -0.2) is 4.98 Å². The van der Waals surface area contributed by atoms with Gasteiger partial charge in [0.1, 0.15) is 0 Å². The average molecular weight is 429 g/mol. The Morgan fingerprint density at radius 3 is 2.17 bits per heavy atom. The van der Waals surface area contributed by atoms with E-state index in [1.54, 1.807) is 11.3 Å². The van der Waals surface area contributed by atoms with Crippen LogP contribution in [0.2, 0.25) is 0 Å². The maximum atomic E-state index is 4.88. The highest BCUT2D eigenvalue weighted by atomic mass is 32.1. The highest BCUT2D eigenvalue weighted by Crippen LogP contribution is 2.47. The molecule has 6 aromatic rings. The van der Waals surface area contributed by atoms with Crippen LogP contribution in [0, 0.1) is 0 Å². The topological polar surface area (TPSA) is 17.8 Å². The van der Waals surface area contributed by atoms with Gasteiger partial charge in [-0.1, -0.05) is 42.5 Å². The number of rotatable bonds is 3. The fourth-order valence-electron chi connectivity index (χ4n) is 3.81. The van der Waals surface area contributed by atoms with Crippen molar-refractivity contribution in [1.29, 1.82) is 0 Å². The second-order valence-corrected chi connectivity index (χ2v) is 9.98. The maximum absolute atomic E-state index is 4.88. The van der Waals surface area contributed by atoms with Gasteiger partial charge >= 0.3 is 0 Å². The lowest BCUT2D eigenvalue weighted by molar-refractivity contribution is 0.963. The molecule has 0 aliphatic heterocycles. The molecule has 0 unspecified atom stereocenters. The second-order valence-electron chi connectivity index (χ2n) is 6.93. The summed E-state index contributed by atoms with van der Waals surface area (Å²) in [5, 5.41) is 4.82. The van der Waals surface area contributed by atoms with Crippen LogP contribution in [0.25, 0.3) is 52.0 Å². The van der Waals surface area contributed by atoms with Crippen molar-refractivity contribution in [2.24, 2.45) is 7.05 Å². The van der Waals surface area contributed by atoms with E-state index in [0.29, 0.717) is 0 Å². The first kappa shape index (κ1) is 17.2. The Bertz CT molecular complexity index is 1460. The van der Waals surface area contributed by atoms with Gasteiger partial charge in [0.2, 0.25) is 0 Å². The van der Waals surface area contributed by atoms with Crippen molar-refractivity contribution in [1.82, 2.24) is 9.55 Å². The number of hydrogen-bond donors (Lipinski definition) is 0. The quantitative estimate of drug-likeness (QED) is 0.280. The predicted molar refractivity (Wildman–Crippen MR) is 128 cm³/mol. The molecule has 0 fully saturated rings. The third kappa shape index (κ3) is 2.69. The molecular formula is C24H16N2S3. The molecule has 0 saturated heterocycles. The van der Waals surface area contributed by atoms with E-state index in [4.69, 9.17) is 4.98 Å². The number of nitrogens with zero attached hydrogens (tertiary/aromatic N) is 2. The zero-order valence-corrected chi connectivity index (χ0v) is 18.1. The summed E-state index contributed by atoms with van der Waals surface area (Å²) in [5.74, 6) is 1.03. The van der Waals surface area contributed by atoms with Crippen molar-refractivity contribution in [2.75, 3.05) is 0 Å². The van der Waals surface area contributed by atoms with Crippen molar-refractivity contribution in [3.05, 3.63) is 78.2 Å². The SMILES string of the molecule is Cn1c(-c2ccc(-c3sc(-c4cccs4)c4ccccc34)s2)nc2ccccc21. The molecule has 4 aromatic heterocycles. The average Bonchev–Trinajstić information content (AvgIpc) is 3.53. The third-order valence-corrected chi connectivity index (χ3v) is 8.74. The van der Waals surface area contributed by atoms with E-state index < -0.39 is 0 Å². The molecule has 0 spiro atoms. The van der Waals surface area contributed by atoms with Gasteiger partial charge in [-0.2, -0.15) is 0 Å². The number of aromatic nitrogens is 2. The maximum Gasteiger partial charge on any atom is 0.150 e. The van der Waals surface area contributed by atoms with E-state index in [9.17, 15) is 0 Å². The Hall–Kier alpha value is -2.73. The van der Waals surface area contributed by atoms with Crippen molar-refractivity contribution >= 4 is 55.8 Å². The molecule has 5 heteroatoms. The molecule has 0 aliphatic rings. The molecule has 2 nitrogen and oxygen atoms in total. The van der Waals surface area contributed by atoms with Crippen molar-refractivity contribution < 1.29 is 0 Å². The molecule has 0 amide bonds. The second kappa shape index (κ2) is 6.66. The lowest BCUT2D eigenvalue weighted by Crippen LogP contribution is -1.89. The molecular weight excluding hydrogens is 412 g/mol. The fourth-order valence-corrected chi connectivity index (χ4v) is 7.11. The first-order valence-corrected chi connectivity index (χ1v) is 11.9. The molecule has 140 valence electrons. The zero-order valence-electron chi connectivity index (χ0n) is 15.6. The summed E-state index contributed by atoms with van der Waals surface area (Å²) < 4.78 is 2.19. The van der Waals surface area contributed by atoms with Crippen LogP contribution in [-0.2, 0) is 7.05 Å². The monoisotopic (exact) mass is 428 g/mol. The Morgan fingerprint density at radius 2 is 1.41 bits per heavy atom. The molecule has 29 heavy (non-hydrogen) atoms. The molecule has 0 bridgehead atoms. The van der Waals surface area contributed by atoms with E-state index in [1.165, 1.54) is 40.7 Å². The highest BCUT2D eigenvalue weighted by molar-refractivity contribution is 7.28. The standard InChI is InChI=1S/C24H16N2S3/c1-26-18-10-5-4-9-17(18)25-24(26)21-13-12-20(28-21)23-16-8-3-2-7-15(16)22(29-23)19-11-6-14-27-19/h2-14H,1H3. The summed E-state index contributed by atoms with van der Waals surface area (Å²) in [4.78, 5) is 11.4. The summed E-state index contributed by atoms with van der Waals surface area (Å²) in [6, 6.07) is 25.9. The van der Waals surface area contributed by atoms with Crippen molar-refractivity contribution in [3.63, 3.8) is 0 Å². The number of fused-ring (bicyclic) bond motifs is 2. The van der Waals surface area contributed by atoms with Crippen LogP contribution in [0.15, 0.2) is 78.2 Å². The van der Waals surface area contributed by atoms with Gasteiger partial charge in [-0.15, -0.1) is 34.0 Å². The van der Waals surface area contributed by atoms with Gasteiger partial charge in [-0.3, -0.25) is 0 Å². The first-order chi connectivity index (χ1) is 14.3. The number of thiophene rings is 3. The summed E-state index contributed by atoms with van der Waals surface area (Å²) in [7, 11) is 2.10. The number of hydrogen-bond acceptors (Lipinski definition) is 4. The van der Waals surface area contributed by atoms with Crippen LogP contribution >= 0.6 is 34.0 Å². The molecule has 2 aromatic carbocycles. The molecule has 6 rings (SSSR count). The normalized spacial score (nSPS) is 11.6. The Balaban J connectivity index is 1.51. The minimum Gasteiger partial charge on any atom is -0.326 e. The van der Waals surface area contributed by atoms with E-state index in [2.05, 4.69) is 83.7 Å². The van der Waals surface area contributed by atoms with Crippen molar-refractivity contribution in [3.8, 4) is 30.2 Å². The van der Waals surface area contributed by atoms with Crippen LogP contribution in [0.4, 0.5) is 0 Å². The van der Waals surface area contributed by atoms with Gasteiger partial charge in [0.15, 0.2) is 5.82 Å². The van der Waals surface area contributed by atoms with Gasteiger partial charge in [0.25, 0.3) is 0 Å². The largest absolute Gasteiger partial charge is 0.326 e. The third-order valence-electron chi connectivity index (χ3n) is 5.20. The summed E-state index contributed by atoms with van der Waals surface area (Å²) in [6.07, 6.45) is 0. The summed E-state index contributed by atoms with van der Waals surface area (Å²) in [6.45, 7) is 0. The number of imidazole rings is 1. The number of aryl methyl sites for hydroxylation is 1. The Kier molecular flexibility index (Phi) is 3.94.